The van der Waals surface area contributed by atoms with E-state index >= 15 is 0 Å². The summed E-state index contributed by atoms with van der Waals surface area (Å²) in [6.45, 7) is 1.45. The molecule has 0 aliphatic heterocycles. The van der Waals surface area contributed by atoms with Crippen LogP contribution in [-0.4, -0.2) is 33.1 Å². The molecular formula is C18H18O5. The molecule has 0 N–H and O–H groups in total. The first-order valence-corrected chi connectivity index (χ1v) is 6.97. The number of hydrogen-bond acceptors (Lipinski definition) is 5. The van der Waals surface area contributed by atoms with Gasteiger partial charge in [-0.15, -0.1) is 0 Å². The van der Waals surface area contributed by atoms with Gasteiger partial charge in [-0.1, -0.05) is 12.1 Å². The lowest BCUT2D eigenvalue weighted by Gasteiger charge is -2.14. The zero-order chi connectivity index (χ0) is 17.0. The Labute approximate surface area is 134 Å². The highest BCUT2D eigenvalue weighted by Gasteiger charge is 2.18. The monoisotopic (exact) mass is 314 g/mol. The number of methoxy groups -OCH3 is 3. The fraction of sp³-hybridized carbons (Fsp3) is 0.222. The number of hydrogen-bond donors (Lipinski definition) is 0. The molecule has 5 nitrogen and oxygen atoms in total. The van der Waals surface area contributed by atoms with Crippen molar-refractivity contribution in [3.8, 4) is 22.6 Å². The van der Waals surface area contributed by atoms with Gasteiger partial charge in [-0.25, -0.2) is 4.79 Å². The van der Waals surface area contributed by atoms with Gasteiger partial charge in [0, 0.05) is 17.2 Å². The van der Waals surface area contributed by atoms with Crippen molar-refractivity contribution in [2.24, 2.45) is 0 Å². The molecule has 120 valence electrons. The Balaban J connectivity index is 2.67. The van der Waals surface area contributed by atoms with Gasteiger partial charge in [-0.3, -0.25) is 4.79 Å². The quantitative estimate of drug-likeness (QED) is 0.625. The SMILES string of the molecule is COC(=O)c1cc(C(C)=O)ccc1-c1ccc(OC)cc1OC. The molecule has 0 heterocycles. The normalized spacial score (nSPS) is 10.1. The highest BCUT2D eigenvalue weighted by atomic mass is 16.5. The lowest BCUT2D eigenvalue weighted by Crippen LogP contribution is -2.06. The Bertz CT molecular complexity index is 749. The van der Waals surface area contributed by atoms with Gasteiger partial charge in [0.05, 0.1) is 26.9 Å². The molecule has 0 bridgehead atoms. The smallest absolute Gasteiger partial charge is 0.338 e. The van der Waals surface area contributed by atoms with Crippen molar-refractivity contribution in [1.29, 1.82) is 0 Å². The van der Waals surface area contributed by atoms with Gasteiger partial charge in [0.2, 0.25) is 0 Å². The second-order valence-corrected chi connectivity index (χ2v) is 4.87. The molecule has 23 heavy (non-hydrogen) atoms. The van der Waals surface area contributed by atoms with Crippen LogP contribution in [0, 0.1) is 0 Å². The van der Waals surface area contributed by atoms with Crippen LogP contribution in [0.3, 0.4) is 0 Å². The number of ketones is 1. The van der Waals surface area contributed by atoms with Gasteiger partial charge in [-0.2, -0.15) is 0 Å². The third-order valence-electron chi connectivity index (χ3n) is 3.53. The van der Waals surface area contributed by atoms with Crippen LogP contribution in [0.5, 0.6) is 11.5 Å². The van der Waals surface area contributed by atoms with Gasteiger partial charge in [0.15, 0.2) is 5.78 Å². The highest BCUT2D eigenvalue weighted by molar-refractivity contribution is 6.02. The summed E-state index contributed by atoms with van der Waals surface area (Å²) in [5.74, 6) is 0.569. The van der Waals surface area contributed by atoms with E-state index in [0.29, 0.717) is 33.8 Å². The van der Waals surface area contributed by atoms with Crippen molar-refractivity contribution in [1.82, 2.24) is 0 Å². The van der Waals surface area contributed by atoms with Gasteiger partial charge in [0.1, 0.15) is 11.5 Å². The summed E-state index contributed by atoms with van der Waals surface area (Å²) in [5.41, 5.74) is 2.09. The first kappa shape index (κ1) is 16.5. The molecule has 0 saturated heterocycles. The number of benzene rings is 2. The van der Waals surface area contributed by atoms with E-state index < -0.39 is 5.97 Å². The van der Waals surface area contributed by atoms with Gasteiger partial charge >= 0.3 is 5.97 Å². The fourth-order valence-corrected chi connectivity index (χ4v) is 2.30. The maximum atomic E-state index is 12.1. The first-order valence-electron chi connectivity index (χ1n) is 6.97. The standard InChI is InChI=1S/C18H18O5/c1-11(19)12-5-7-14(16(9-12)18(20)23-4)15-8-6-13(21-2)10-17(15)22-3/h5-10H,1-4H3. The van der Waals surface area contributed by atoms with Crippen molar-refractivity contribution >= 4 is 11.8 Å². The summed E-state index contributed by atoms with van der Waals surface area (Å²) in [4.78, 5) is 23.7. The van der Waals surface area contributed by atoms with E-state index in [9.17, 15) is 9.59 Å². The maximum absolute atomic E-state index is 12.1. The minimum Gasteiger partial charge on any atom is -0.497 e. The van der Waals surface area contributed by atoms with Crippen molar-refractivity contribution < 1.29 is 23.8 Å². The number of carbonyl (C=O) groups is 2. The molecule has 0 fully saturated rings. The lowest BCUT2D eigenvalue weighted by atomic mass is 9.95. The number of ether oxygens (including phenoxy) is 3. The molecule has 2 rings (SSSR count). The van der Waals surface area contributed by atoms with E-state index in [-0.39, 0.29) is 5.78 Å². The molecule has 0 aliphatic rings. The molecule has 2 aromatic rings. The van der Waals surface area contributed by atoms with Crippen LogP contribution in [0.2, 0.25) is 0 Å². The molecule has 0 radical (unpaired) electrons. The Hall–Kier alpha value is -2.82. The van der Waals surface area contributed by atoms with Gasteiger partial charge in [-0.05, 0) is 30.7 Å². The second-order valence-electron chi connectivity index (χ2n) is 4.87. The van der Waals surface area contributed by atoms with E-state index in [1.165, 1.54) is 20.1 Å². The van der Waals surface area contributed by atoms with Crippen molar-refractivity contribution in [2.45, 2.75) is 6.92 Å². The minimum atomic E-state index is -0.513. The topological polar surface area (TPSA) is 61.8 Å². The highest BCUT2D eigenvalue weighted by Crippen LogP contribution is 2.35. The Morgan fingerprint density at radius 1 is 0.870 bits per heavy atom. The largest absolute Gasteiger partial charge is 0.497 e. The zero-order valence-corrected chi connectivity index (χ0v) is 13.5. The maximum Gasteiger partial charge on any atom is 0.338 e. The van der Waals surface area contributed by atoms with E-state index in [0.717, 1.165) is 0 Å². The molecule has 0 saturated carbocycles. The van der Waals surface area contributed by atoms with E-state index in [1.807, 2.05) is 0 Å². The molecule has 0 aromatic heterocycles. The van der Waals surface area contributed by atoms with E-state index in [2.05, 4.69) is 0 Å². The van der Waals surface area contributed by atoms with Crippen molar-refractivity contribution in [3.05, 3.63) is 47.5 Å². The van der Waals surface area contributed by atoms with Gasteiger partial charge < -0.3 is 14.2 Å². The first-order chi connectivity index (χ1) is 11.0. The molecular weight excluding hydrogens is 296 g/mol. The van der Waals surface area contributed by atoms with Crippen molar-refractivity contribution in [3.63, 3.8) is 0 Å². The Kier molecular flexibility index (Phi) is 5.01. The minimum absolute atomic E-state index is 0.122. The van der Waals surface area contributed by atoms with Crippen LogP contribution < -0.4 is 9.47 Å². The number of esters is 1. The zero-order valence-electron chi connectivity index (χ0n) is 13.5. The van der Waals surface area contributed by atoms with Crippen LogP contribution in [0.25, 0.3) is 11.1 Å². The molecule has 0 spiro atoms. The van der Waals surface area contributed by atoms with E-state index in [4.69, 9.17) is 14.2 Å². The lowest BCUT2D eigenvalue weighted by molar-refractivity contribution is 0.0601. The molecule has 2 aromatic carbocycles. The third-order valence-corrected chi connectivity index (χ3v) is 3.53. The molecule has 5 heteroatoms. The summed E-state index contributed by atoms with van der Waals surface area (Å²) in [6, 6.07) is 10.2. The number of rotatable bonds is 5. The van der Waals surface area contributed by atoms with Crippen LogP contribution in [-0.2, 0) is 4.74 Å². The van der Waals surface area contributed by atoms with Crippen LogP contribution >= 0.6 is 0 Å². The Morgan fingerprint density at radius 2 is 1.57 bits per heavy atom. The van der Waals surface area contributed by atoms with Crippen LogP contribution in [0.4, 0.5) is 0 Å². The second kappa shape index (κ2) is 6.96. The number of carbonyl (C=O) groups excluding carboxylic acids is 2. The fourth-order valence-electron chi connectivity index (χ4n) is 2.30. The summed E-state index contributed by atoms with van der Waals surface area (Å²) in [7, 11) is 4.41. The third kappa shape index (κ3) is 3.34. The summed E-state index contributed by atoms with van der Waals surface area (Å²) < 4.78 is 15.4. The van der Waals surface area contributed by atoms with Crippen LogP contribution in [0.1, 0.15) is 27.6 Å². The summed E-state index contributed by atoms with van der Waals surface area (Å²) in [6.07, 6.45) is 0. The van der Waals surface area contributed by atoms with Crippen LogP contribution in [0.15, 0.2) is 36.4 Å². The predicted octanol–water partition coefficient (Wildman–Crippen LogP) is 3.36. The molecule has 0 amide bonds. The number of Topliss-reactive ketones (excluding diaryl/α,β-unsaturated/α-hetero) is 1. The predicted molar refractivity (Wildman–Crippen MR) is 86.3 cm³/mol. The molecule has 0 aliphatic carbocycles. The van der Waals surface area contributed by atoms with E-state index in [1.54, 1.807) is 44.6 Å². The Morgan fingerprint density at radius 3 is 2.13 bits per heavy atom. The van der Waals surface area contributed by atoms with Crippen molar-refractivity contribution in [2.75, 3.05) is 21.3 Å². The summed E-state index contributed by atoms with van der Waals surface area (Å²) >= 11 is 0. The molecule has 0 unspecified atom stereocenters. The average Bonchev–Trinajstić information content (AvgIpc) is 2.59. The summed E-state index contributed by atoms with van der Waals surface area (Å²) in [5, 5.41) is 0. The van der Waals surface area contributed by atoms with Gasteiger partial charge in [0.25, 0.3) is 0 Å². The molecule has 0 atom stereocenters. The average molecular weight is 314 g/mol.